The van der Waals surface area contributed by atoms with Crippen molar-refractivity contribution in [2.24, 2.45) is 17.8 Å². The minimum atomic E-state index is -1.11. The summed E-state index contributed by atoms with van der Waals surface area (Å²) >= 11 is 0. The Labute approximate surface area is 300 Å². The van der Waals surface area contributed by atoms with E-state index in [1.165, 1.54) is 20.8 Å². The summed E-state index contributed by atoms with van der Waals surface area (Å²) in [5.41, 5.74) is 1.68. The molecule has 3 aromatic carbocycles. The molecular formula is C41H50O10. The van der Waals surface area contributed by atoms with Crippen molar-refractivity contribution in [2.45, 2.75) is 104 Å². The minimum Gasteiger partial charge on any atom is -0.459 e. The van der Waals surface area contributed by atoms with Crippen molar-refractivity contribution < 1.29 is 47.5 Å². The number of rotatable bonds is 12. The Kier molecular flexibility index (Phi) is 12.7. The fourth-order valence-corrected chi connectivity index (χ4v) is 7.33. The number of carbonyl (C=O) groups is 3. The smallest absolute Gasteiger partial charge is 0.303 e. The maximum atomic E-state index is 12.5. The van der Waals surface area contributed by atoms with E-state index in [1.54, 1.807) is 0 Å². The first kappa shape index (κ1) is 38.1. The molecule has 2 aliphatic heterocycles. The molecule has 274 valence electrons. The molecule has 51 heavy (non-hydrogen) atoms. The molecule has 0 unspecified atom stereocenters. The Hall–Kier alpha value is -4.09. The molecule has 0 aliphatic carbocycles. The third-order valence-electron chi connectivity index (χ3n) is 10.0. The van der Waals surface area contributed by atoms with Crippen LogP contribution >= 0.6 is 0 Å². The maximum absolute atomic E-state index is 12.5. The monoisotopic (exact) mass is 702 g/mol. The topological polar surface area (TPSA) is 116 Å². The van der Waals surface area contributed by atoms with Crippen LogP contribution in [0.1, 0.15) is 71.6 Å². The molecule has 0 saturated carbocycles. The Morgan fingerprint density at radius 1 is 0.569 bits per heavy atom. The van der Waals surface area contributed by atoms with Gasteiger partial charge in [0.05, 0.1) is 12.7 Å². The van der Waals surface area contributed by atoms with E-state index in [0.717, 1.165) is 16.7 Å². The van der Waals surface area contributed by atoms with Crippen LogP contribution in [0, 0.1) is 17.8 Å². The van der Waals surface area contributed by atoms with Crippen LogP contribution in [0.2, 0.25) is 0 Å². The highest BCUT2D eigenvalue weighted by molar-refractivity contribution is 5.67. The zero-order chi connectivity index (χ0) is 36.7. The lowest BCUT2D eigenvalue weighted by atomic mass is 9.79. The SMILES string of the molecule is CC[C@H]1O[C@H](O[C@H]2O[C@H](COC(c3ccccc3)(c3ccccc3)c3ccccc3)[C@@H](OC(C)=O)[C@H](C)[C@H]2C)[C@H](OC(C)=O)[C@@H](OC(C)=O)[C@@H]1C. The number of hydrogen-bond donors (Lipinski definition) is 0. The normalized spacial score (nSPS) is 29.5. The van der Waals surface area contributed by atoms with E-state index < -0.39 is 60.5 Å². The van der Waals surface area contributed by atoms with E-state index in [0.29, 0.717) is 6.42 Å². The molecule has 0 radical (unpaired) electrons. The van der Waals surface area contributed by atoms with Crippen LogP contribution in [0.25, 0.3) is 0 Å². The van der Waals surface area contributed by atoms with Gasteiger partial charge in [-0.25, -0.2) is 0 Å². The molecular weight excluding hydrogens is 652 g/mol. The van der Waals surface area contributed by atoms with Crippen molar-refractivity contribution in [3.8, 4) is 0 Å². The number of ether oxygens (including phenoxy) is 7. The molecule has 10 nitrogen and oxygen atoms in total. The van der Waals surface area contributed by atoms with Crippen LogP contribution in [0.3, 0.4) is 0 Å². The van der Waals surface area contributed by atoms with E-state index in [2.05, 4.69) is 0 Å². The summed E-state index contributed by atoms with van der Waals surface area (Å²) in [7, 11) is 0. The highest BCUT2D eigenvalue weighted by atomic mass is 16.8. The van der Waals surface area contributed by atoms with Gasteiger partial charge in [-0.15, -0.1) is 0 Å². The van der Waals surface area contributed by atoms with Gasteiger partial charge in [0.2, 0.25) is 6.29 Å². The second kappa shape index (κ2) is 17.0. The Balaban J connectivity index is 1.51. The Morgan fingerprint density at radius 2 is 1.00 bits per heavy atom. The lowest BCUT2D eigenvalue weighted by Gasteiger charge is -2.48. The first-order chi connectivity index (χ1) is 24.5. The van der Waals surface area contributed by atoms with E-state index in [4.69, 9.17) is 33.2 Å². The third-order valence-corrected chi connectivity index (χ3v) is 10.0. The average molecular weight is 703 g/mol. The van der Waals surface area contributed by atoms with Crippen LogP contribution < -0.4 is 0 Å². The van der Waals surface area contributed by atoms with Crippen molar-refractivity contribution in [1.29, 1.82) is 0 Å². The largest absolute Gasteiger partial charge is 0.459 e. The summed E-state index contributed by atoms with van der Waals surface area (Å²) in [5.74, 6) is -2.34. The maximum Gasteiger partial charge on any atom is 0.303 e. The van der Waals surface area contributed by atoms with Gasteiger partial charge in [0, 0.05) is 38.5 Å². The molecule has 2 aliphatic rings. The van der Waals surface area contributed by atoms with Gasteiger partial charge in [-0.05, 0) is 23.1 Å². The highest BCUT2D eigenvalue weighted by Crippen LogP contribution is 2.43. The van der Waals surface area contributed by atoms with Crippen LogP contribution in [0.5, 0.6) is 0 Å². The van der Waals surface area contributed by atoms with Crippen molar-refractivity contribution in [3.05, 3.63) is 108 Å². The quantitative estimate of drug-likeness (QED) is 0.117. The average Bonchev–Trinajstić information content (AvgIpc) is 3.12. The van der Waals surface area contributed by atoms with E-state index >= 15 is 0 Å². The second-order valence-electron chi connectivity index (χ2n) is 13.5. The Morgan fingerprint density at radius 3 is 1.45 bits per heavy atom. The van der Waals surface area contributed by atoms with Crippen LogP contribution in [0.4, 0.5) is 0 Å². The second-order valence-corrected chi connectivity index (χ2v) is 13.5. The van der Waals surface area contributed by atoms with Gasteiger partial charge >= 0.3 is 17.9 Å². The summed E-state index contributed by atoms with van der Waals surface area (Å²) in [6.07, 6.45) is -5.05. The third kappa shape index (κ3) is 8.52. The van der Waals surface area contributed by atoms with Crippen LogP contribution in [-0.4, -0.2) is 67.6 Å². The zero-order valence-electron chi connectivity index (χ0n) is 30.4. The van der Waals surface area contributed by atoms with Gasteiger partial charge in [-0.1, -0.05) is 119 Å². The molecule has 2 saturated heterocycles. The summed E-state index contributed by atoms with van der Waals surface area (Å²) in [6, 6.07) is 29.9. The summed E-state index contributed by atoms with van der Waals surface area (Å²) in [6.45, 7) is 11.8. The molecule has 3 aromatic rings. The summed E-state index contributed by atoms with van der Waals surface area (Å²) in [4.78, 5) is 37.0. The van der Waals surface area contributed by atoms with Gasteiger partial charge in [-0.2, -0.15) is 0 Å². The van der Waals surface area contributed by atoms with Gasteiger partial charge in [0.25, 0.3) is 0 Å². The standard InChI is InChI=1S/C41H50O10/c1-8-34-27(4)37(47-29(6)43)38(48-30(7)44)40(49-34)51-39-26(3)25(2)36(46-28(5)42)35(50-39)24-45-41(31-18-12-9-13-19-31,32-20-14-10-15-21-32)33-22-16-11-17-23-33/h9-23,25-27,34-40H,8,24H2,1-7H3/t25-,26-,27-,34-,35-,36+,37+,38-,39-,40-/m1/s1. The molecule has 0 amide bonds. The predicted octanol–water partition coefficient (Wildman–Crippen LogP) is 6.57. The first-order valence-corrected chi connectivity index (χ1v) is 17.7. The molecule has 10 heteroatoms. The van der Waals surface area contributed by atoms with Gasteiger partial charge in [0.1, 0.15) is 23.9 Å². The summed E-state index contributed by atoms with van der Waals surface area (Å²) in [5, 5.41) is 0. The fraction of sp³-hybridized carbons (Fsp3) is 0.488. The van der Waals surface area contributed by atoms with Crippen molar-refractivity contribution >= 4 is 17.9 Å². The van der Waals surface area contributed by atoms with Gasteiger partial charge in [0.15, 0.2) is 12.4 Å². The molecule has 0 bridgehead atoms. The molecule has 10 atom stereocenters. The first-order valence-electron chi connectivity index (χ1n) is 17.7. The minimum absolute atomic E-state index is 0.0111. The number of hydrogen-bond acceptors (Lipinski definition) is 10. The van der Waals surface area contributed by atoms with Crippen molar-refractivity contribution in [2.75, 3.05) is 6.61 Å². The fourth-order valence-electron chi connectivity index (χ4n) is 7.33. The predicted molar refractivity (Wildman–Crippen MR) is 188 cm³/mol. The Bertz CT molecular complexity index is 1490. The number of carbonyl (C=O) groups excluding carboxylic acids is 3. The van der Waals surface area contributed by atoms with Crippen LogP contribution in [-0.2, 0) is 53.1 Å². The highest BCUT2D eigenvalue weighted by Gasteiger charge is 2.52. The van der Waals surface area contributed by atoms with Crippen LogP contribution in [0.15, 0.2) is 91.0 Å². The number of benzene rings is 3. The zero-order valence-corrected chi connectivity index (χ0v) is 30.4. The van der Waals surface area contributed by atoms with E-state index in [9.17, 15) is 14.4 Å². The van der Waals surface area contributed by atoms with E-state index in [1.807, 2.05) is 119 Å². The molecule has 5 rings (SSSR count). The summed E-state index contributed by atoms with van der Waals surface area (Å²) < 4.78 is 44.1. The molecule has 0 spiro atoms. The molecule has 2 heterocycles. The molecule has 0 aromatic heterocycles. The van der Waals surface area contributed by atoms with Crippen molar-refractivity contribution in [3.63, 3.8) is 0 Å². The van der Waals surface area contributed by atoms with Gasteiger partial charge in [-0.3, -0.25) is 14.4 Å². The molecule has 0 N–H and O–H groups in total. The number of esters is 3. The van der Waals surface area contributed by atoms with E-state index in [-0.39, 0.29) is 30.5 Å². The van der Waals surface area contributed by atoms with Gasteiger partial charge < -0.3 is 33.2 Å². The molecule has 2 fully saturated rings. The lowest BCUT2D eigenvalue weighted by molar-refractivity contribution is -0.361. The lowest BCUT2D eigenvalue weighted by Crippen LogP contribution is -2.60. The van der Waals surface area contributed by atoms with Crippen molar-refractivity contribution in [1.82, 2.24) is 0 Å².